The predicted octanol–water partition coefficient (Wildman–Crippen LogP) is 3.83. The number of thiophene rings is 1. The van der Waals surface area contributed by atoms with Gasteiger partial charge in [-0.3, -0.25) is 0 Å². The molecule has 0 spiro atoms. The molecule has 5 heteroatoms. The van der Waals surface area contributed by atoms with Gasteiger partial charge in [-0.1, -0.05) is 6.07 Å². The molecule has 0 aliphatic heterocycles. The molecule has 2 rings (SSSR count). The van der Waals surface area contributed by atoms with Crippen LogP contribution in [-0.4, -0.2) is 27.8 Å². The summed E-state index contributed by atoms with van der Waals surface area (Å²) in [4.78, 5) is 5.05. The van der Waals surface area contributed by atoms with Gasteiger partial charge < -0.3 is 5.11 Å². The first-order chi connectivity index (χ1) is 8.62. The summed E-state index contributed by atoms with van der Waals surface area (Å²) < 4.78 is 0. The zero-order valence-corrected chi connectivity index (χ0v) is 12.9. The molecule has 0 saturated carbocycles. The molecule has 0 aliphatic carbocycles. The summed E-state index contributed by atoms with van der Waals surface area (Å²) in [5.41, 5.74) is -0.928. The molecule has 2 nitrogen and oxygen atoms in total. The molecule has 0 amide bonds. The molecule has 0 bridgehead atoms. The molecule has 0 fully saturated rings. The van der Waals surface area contributed by atoms with Crippen LogP contribution in [0.2, 0.25) is 5.09 Å². The molecule has 1 N–H and O–H groups in total. The number of hydrogen-bond acceptors (Lipinski definition) is 4. The molecule has 18 heavy (non-hydrogen) atoms. The average Bonchev–Trinajstić information content (AvgIpc) is 3.05. The number of nitrogens with zero attached hydrogens (tertiary/aromatic N) is 1. The normalized spacial score (nSPS) is 13.6. The fourth-order valence-corrected chi connectivity index (χ4v) is 3.04. The van der Waals surface area contributed by atoms with E-state index in [4.69, 9.17) is 0 Å². The Kier molecular flexibility index (Phi) is 7.21. The third-order valence-electron chi connectivity index (χ3n) is 2.56. The molecule has 0 radical (unpaired) electrons. The van der Waals surface area contributed by atoms with Crippen molar-refractivity contribution in [3.8, 4) is 0 Å². The molecular formula is C13H18LiNOS2. The van der Waals surface area contributed by atoms with Gasteiger partial charge in [0.1, 0.15) is 10.6 Å². The van der Waals surface area contributed by atoms with Gasteiger partial charge in [-0.15, -0.1) is 22.7 Å². The Labute approximate surface area is 126 Å². The maximum absolute atomic E-state index is 10.2. The van der Waals surface area contributed by atoms with Gasteiger partial charge in [0, 0.05) is 16.5 Å². The first kappa shape index (κ1) is 15.9. The van der Waals surface area contributed by atoms with Crippen LogP contribution in [0.1, 0.15) is 36.6 Å². The van der Waals surface area contributed by atoms with Crippen LogP contribution in [0.5, 0.6) is 0 Å². The molecule has 2 aromatic heterocycles. The van der Waals surface area contributed by atoms with E-state index >= 15 is 0 Å². The van der Waals surface area contributed by atoms with E-state index in [1.54, 1.807) is 24.5 Å². The number of thiazole rings is 1. The van der Waals surface area contributed by atoms with Crippen molar-refractivity contribution in [2.75, 3.05) is 0 Å². The van der Waals surface area contributed by atoms with Gasteiger partial charge in [-0.05, 0) is 18.4 Å². The van der Waals surface area contributed by atoms with Crippen LogP contribution < -0.4 is 0 Å². The molecule has 1 atom stereocenters. The monoisotopic (exact) mass is 275 g/mol. The first-order valence-electron chi connectivity index (χ1n) is 6.29. The zero-order valence-electron chi connectivity index (χ0n) is 11.2. The summed E-state index contributed by atoms with van der Waals surface area (Å²) in [6, 6.07) is 3.86. The molecular weight excluding hydrogens is 257 g/mol. The predicted molar refractivity (Wildman–Crippen MR) is 80.6 cm³/mol. The Hall–Kier alpha value is -0.113. The van der Waals surface area contributed by atoms with Crippen LogP contribution in [0.4, 0.5) is 0 Å². The van der Waals surface area contributed by atoms with E-state index in [9.17, 15) is 5.11 Å². The molecule has 0 aliphatic rings. The van der Waals surface area contributed by atoms with Crippen LogP contribution in [0.25, 0.3) is 0 Å². The van der Waals surface area contributed by atoms with Gasteiger partial charge in [0.25, 0.3) is 0 Å². The van der Waals surface area contributed by atoms with E-state index in [-0.39, 0.29) is 0 Å². The van der Waals surface area contributed by atoms with E-state index in [0.29, 0.717) is 0 Å². The molecule has 94 valence electrons. The molecule has 0 aromatic carbocycles. The number of rotatable bonds is 4. The van der Waals surface area contributed by atoms with Crippen molar-refractivity contribution < 1.29 is 5.11 Å². The van der Waals surface area contributed by atoms with E-state index < -0.39 is 5.60 Å². The summed E-state index contributed by atoms with van der Waals surface area (Å²) in [7, 11) is 0. The number of aliphatic hydroxyl groups is 1. The van der Waals surface area contributed by atoms with Crippen molar-refractivity contribution in [3.63, 3.8) is 0 Å². The maximum atomic E-state index is 10.2. The Balaban J connectivity index is 0.000000280. The fourth-order valence-electron chi connectivity index (χ4n) is 1.48. The topological polar surface area (TPSA) is 33.1 Å². The van der Waals surface area contributed by atoms with E-state index in [1.807, 2.05) is 22.9 Å². The second kappa shape index (κ2) is 8.14. The van der Waals surface area contributed by atoms with Crippen molar-refractivity contribution in [2.45, 2.75) is 37.4 Å². The Morgan fingerprint density at radius 3 is 2.56 bits per heavy atom. The Morgan fingerprint density at radius 1 is 1.39 bits per heavy atom. The summed E-state index contributed by atoms with van der Waals surface area (Å²) >= 11 is 5.23. The Bertz CT molecular complexity index is 374. The van der Waals surface area contributed by atoms with Crippen LogP contribution in [0.15, 0.2) is 29.1 Å². The van der Waals surface area contributed by atoms with E-state index in [2.05, 4.69) is 29.6 Å². The number of aromatic nitrogens is 1. The second-order valence-corrected chi connectivity index (χ2v) is 6.08. The van der Waals surface area contributed by atoms with Gasteiger partial charge in [-0.2, -0.15) is 0 Å². The molecule has 1 unspecified atom stereocenters. The van der Waals surface area contributed by atoms with Crippen LogP contribution >= 0.6 is 22.7 Å². The molecule has 0 saturated heterocycles. The van der Waals surface area contributed by atoms with Crippen molar-refractivity contribution >= 4 is 40.4 Å². The van der Waals surface area contributed by atoms with E-state index in [1.165, 1.54) is 29.3 Å². The molecule has 2 aromatic rings. The average molecular weight is 275 g/mol. The van der Waals surface area contributed by atoms with Crippen molar-refractivity contribution in [1.82, 2.24) is 4.98 Å². The van der Waals surface area contributed by atoms with Gasteiger partial charge in [0.15, 0.2) is 0 Å². The summed E-state index contributed by atoms with van der Waals surface area (Å²) in [5, 5.41) is 16.1. The third kappa shape index (κ3) is 4.53. The second-order valence-electron chi connectivity index (χ2n) is 4.24. The molecule has 2 heterocycles. The Morgan fingerprint density at radius 2 is 2.17 bits per heavy atom. The van der Waals surface area contributed by atoms with Crippen molar-refractivity contribution in [3.05, 3.63) is 39.0 Å². The summed E-state index contributed by atoms with van der Waals surface area (Å²) in [6.07, 6.45) is 4.44. The minimum atomic E-state index is -0.928. The van der Waals surface area contributed by atoms with Crippen molar-refractivity contribution in [2.24, 2.45) is 0 Å². The van der Waals surface area contributed by atoms with Gasteiger partial charge in [0.05, 0.1) is 0 Å². The quantitative estimate of drug-likeness (QED) is 0.860. The SMILES string of the molecule is CC(O)(c1cccs1)c1nccs1.[Li][CH2]CCC. The first-order valence-corrected chi connectivity index (χ1v) is 8.05. The van der Waals surface area contributed by atoms with Gasteiger partial charge in [0.2, 0.25) is 0 Å². The van der Waals surface area contributed by atoms with Crippen LogP contribution in [0.3, 0.4) is 0 Å². The number of hydrogen-bond donors (Lipinski definition) is 1. The van der Waals surface area contributed by atoms with Gasteiger partial charge in [-0.25, -0.2) is 4.98 Å². The summed E-state index contributed by atoms with van der Waals surface area (Å²) in [5.74, 6) is 0. The van der Waals surface area contributed by atoms with Crippen LogP contribution in [-0.2, 0) is 5.60 Å². The van der Waals surface area contributed by atoms with Crippen molar-refractivity contribution in [1.29, 1.82) is 0 Å². The minimum absolute atomic E-state index is 0.745. The zero-order chi connectivity index (χ0) is 13.4. The summed E-state index contributed by atoms with van der Waals surface area (Å²) in [6.45, 7) is 3.99. The van der Waals surface area contributed by atoms with Crippen LogP contribution in [0, 0.1) is 0 Å². The third-order valence-corrected chi connectivity index (χ3v) is 4.62. The van der Waals surface area contributed by atoms with Gasteiger partial charge >= 0.3 is 42.6 Å². The van der Waals surface area contributed by atoms with E-state index in [0.717, 1.165) is 9.88 Å². The fraction of sp³-hybridized carbons (Fsp3) is 0.462. The number of unbranched alkanes of at least 4 members (excludes halogenated alkanes) is 1. The standard InChI is InChI=1S/C9H9NOS2.C4H9.Li/c1-9(11,7-3-2-5-12-7)8-10-4-6-13-8;1-3-4-2;/h2-6,11H,1H3;1,3-4H2,2H3;.